The zero-order valence-corrected chi connectivity index (χ0v) is 28.7. The molecule has 4 aromatic rings. The van der Waals surface area contributed by atoms with Crippen molar-refractivity contribution < 1.29 is 14.5 Å². The lowest BCUT2D eigenvalue weighted by Crippen LogP contribution is -2.51. The minimum atomic E-state index is -0.576. The summed E-state index contributed by atoms with van der Waals surface area (Å²) in [6, 6.07) is 20.6. The molecule has 2 aliphatic heterocycles. The number of halogens is 1. The van der Waals surface area contributed by atoms with Crippen LogP contribution in [0.1, 0.15) is 90.4 Å². The van der Waals surface area contributed by atoms with E-state index >= 15 is 0 Å². The summed E-state index contributed by atoms with van der Waals surface area (Å²) in [6.07, 6.45) is 4.30. The predicted molar refractivity (Wildman–Crippen MR) is 190 cm³/mol. The van der Waals surface area contributed by atoms with Gasteiger partial charge in [-0.2, -0.15) is 0 Å². The third-order valence-corrected chi connectivity index (χ3v) is 10.8. The van der Waals surface area contributed by atoms with E-state index in [1.54, 1.807) is 6.33 Å². The molecule has 0 saturated carbocycles. The van der Waals surface area contributed by atoms with Crippen molar-refractivity contribution in [3.63, 3.8) is 0 Å². The van der Waals surface area contributed by atoms with Crippen LogP contribution in [0.4, 0.5) is 17.2 Å². The second-order valence-corrected chi connectivity index (χ2v) is 14.2. The van der Waals surface area contributed by atoms with Crippen LogP contribution in [0.2, 0.25) is 5.02 Å². The number of nitro groups is 1. The molecule has 3 atom stereocenters. The van der Waals surface area contributed by atoms with E-state index in [9.17, 15) is 14.9 Å². The molecule has 0 radical (unpaired) electrons. The summed E-state index contributed by atoms with van der Waals surface area (Å²) >= 11 is 7.07. The SMILES string of the molecule is CC(C)NCc1c(Cl)ccc2c1C1(CCNCC1)[C@@H](Cc1ccccc1)N2c1ncnc2c1[C@H](C)C[C@H]2OC(=O)c1ccc([N+](=O)[O-])cc1. The highest BCUT2D eigenvalue weighted by atomic mass is 35.5. The van der Waals surface area contributed by atoms with Crippen LogP contribution in [0.15, 0.2) is 73.1 Å². The molecule has 7 rings (SSSR count). The number of hydrogen-bond donors (Lipinski definition) is 2. The van der Waals surface area contributed by atoms with Gasteiger partial charge in [-0.1, -0.05) is 62.7 Å². The number of carbonyl (C=O) groups excluding carboxylic acids is 1. The van der Waals surface area contributed by atoms with Gasteiger partial charge in [0.2, 0.25) is 0 Å². The molecule has 1 spiro atoms. The Bertz CT molecular complexity index is 1860. The number of hydrogen-bond acceptors (Lipinski definition) is 9. The maximum Gasteiger partial charge on any atom is 0.338 e. The van der Waals surface area contributed by atoms with Crippen LogP contribution in [0.5, 0.6) is 0 Å². The Morgan fingerprint density at radius 2 is 1.84 bits per heavy atom. The Hall–Kier alpha value is -4.38. The van der Waals surface area contributed by atoms with Crippen molar-refractivity contribution in [3.05, 3.63) is 122 Å². The van der Waals surface area contributed by atoms with E-state index in [0.29, 0.717) is 24.7 Å². The summed E-state index contributed by atoms with van der Waals surface area (Å²) in [4.78, 5) is 36.1. The highest BCUT2D eigenvalue weighted by molar-refractivity contribution is 6.31. The Balaban J connectivity index is 1.34. The van der Waals surface area contributed by atoms with Gasteiger partial charge in [0.1, 0.15) is 18.2 Å². The third kappa shape index (κ3) is 6.06. The first-order valence-electron chi connectivity index (χ1n) is 17.1. The number of nitrogens with one attached hydrogen (secondary N) is 2. The van der Waals surface area contributed by atoms with Gasteiger partial charge in [-0.3, -0.25) is 10.1 Å². The molecule has 1 fully saturated rings. The van der Waals surface area contributed by atoms with Gasteiger partial charge < -0.3 is 20.3 Å². The molecular formula is C38H41ClN6O4. The minimum absolute atomic E-state index is 0.0145. The summed E-state index contributed by atoms with van der Waals surface area (Å²) in [5.74, 6) is 0.314. The summed E-state index contributed by atoms with van der Waals surface area (Å²) in [5, 5.41) is 19.2. The van der Waals surface area contributed by atoms with Crippen LogP contribution in [0, 0.1) is 10.1 Å². The van der Waals surface area contributed by atoms with Gasteiger partial charge in [0, 0.05) is 52.4 Å². The van der Waals surface area contributed by atoms with Crippen molar-refractivity contribution in [2.75, 3.05) is 18.0 Å². The summed E-state index contributed by atoms with van der Waals surface area (Å²) in [5.41, 5.74) is 6.49. The van der Waals surface area contributed by atoms with Crippen molar-refractivity contribution in [2.24, 2.45) is 0 Å². The number of benzene rings is 3. The standard InChI is InChI=1S/C38H41ClN6O4/c1-23(2)41-21-28-29(39)13-14-30-34(28)38(15-17-40-18-16-38)32(20-25-7-5-4-6-8-25)44(30)36-33-24(3)19-31(35(33)42-22-43-36)49-37(46)26-9-11-27(12-10-26)45(47)48/h4-14,22-24,31-32,40-41H,15-21H2,1-3H3/t24-,31-,32-/m1/s1. The fraction of sp³-hybridized carbons (Fsp3) is 0.395. The highest BCUT2D eigenvalue weighted by Gasteiger charge is 2.54. The predicted octanol–water partition coefficient (Wildman–Crippen LogP) is 7.33. The Kier molecular flexibility index (Phi) is 9.13. The molecule has 10 nitrogen and oxygen atoms in total. The summed E-state index contributed by atoms with van der Waals surface area (Å²) in [6.45, 7) is 8.91. The second kappa shape index (κ2) is 13.5. The molecule has 1 saturated heterocycles. The number of nitro benzene ring substituents is 1. The fourth-order valence-electron chi connectivity index (χ4n) is 8.16. The molecule has 0 unspecified atom stereocenters. The number of aromatic nitrogens is 2. The lowest BCUT2D eigenvalue weighted by atomic mass is 9.67. The number of fused-ring (bicyclic) bond motifs is 3. The van der Waals surface area contributed by atoms with Crippen LogP contribution < -0.4 is 15.5 Å². The second-order valence-electron chi connectivity index (χ2n) is 13.8. The van der Waals surface area contributed by atoms with E-state index < -0.39 is 17.0 Å². The zero-order chi connectivity index (χ0) is 34.3. The van der Waals surface area contributed by atoms with E-state index in [4.69, 9.17) is 26.3 Å². The molecule has 2 N–H and O–H groups in total. The number of carbonyl (C=O) groups is 1. The van der Waals surface area contributed by atoms with Gasteiger partial charge in [-0.15, -0.1) is 0 Å². The molecule has 3 heterocycles. The average Bonchev–Trinajstić information content (AvgIpc) is 3.55. The number of ether oxygens (including phenoxy) is 1. The van der Waals surface area contributed by atoms with E-state index in [2.05, 4.69) is 72.7 Å². The van der Waals surface area contributed by atoms with Crippen molar-refractivity contribution in [3.8, 4) is 0 Å². The maximum atomic E-state index is 13.3. The minimum Gasteiger partial charge on any atom is -0.452 e. The topological polar surface area (TPSA) is 123 Å². The zero-order valence-electron chi connectivity index (χ0n) is 28.0. The van der Waals surface area contributed by atoms with E-state index in [1.807, 2.05) is 6.07 Å². The van der Waals surface area contributed by atoms with Crippen molar-refractivity contribution in [1.82, 2.24) is 20.6 Å². The van der Waals surface area contributed by atoms with Gasteiger partial charge in [0.15, 0.2) is 0 Å². The highest BCUT2D eigenvalue weighted by Crippen LogP contribution is 2.58. The van der Waals surface area contributed by atoms with Crippen molar-refractivity contribution in [1.29, 1.82) is 0 Å². The third-order valence-electron chi connectivity index (χ3n) is 10.4. The van der Waals surface area contributed by atoms with Gasteiger partial charge in [0.25, 0.3) is 5.69 Å². The van der Waals surface area contributed by atoms with Crippen LogP contribution in [-0.4, -0.2) is 46.0 Å². The number of piperidine rings is 1. The fourth-order valence-corrected chi connectivity index (χ4v) is 8.38. The number of rotatable bonds is 9. The summed E-state index contributed by atoms with van der Waals surface area (Å²) < 4.78 is 6.05. The van der Waals surface area contributed by atoms with Crippen LogP contribution in [0.25, 0.3) is 0 Å². The lowest BCUT2D eigenvalue weighted by Gasteiger charge is -2.43. The van der Waals surface area contributed by atoms with Gasteiger partial charge in [-0.25, -0.2) is 14.8 Å². The largest absolute Gasteiger partial charge is 0.452 e. The molecule has 254 valence electrons. The first kappa shape index (κ1) is 33.1. The molecular weight excluding hydrogens is 640 g/mol. The molecule has 0 amide bonds. The molecule has 49 heavy (non-hydrogen) atoms. The number of anilines is 2. The van der Waals surface area contributed by atoms with Crippen LogP contribution >= 0.6 is 11.6 Å². The van der Waals surface area contributed by atoms with E-state index in [-0.39, 0.29) is 28.6 Å². The van der Waals surface area contributed by atoms with Crippen LogP contribution in [-0.2, 0) is 23.1 Å². The number of non-ortho nitro benzene ring substituents is 1. The number of nitrogens with zero attached hydrogens (tertiary/aromatic N) is 4. The first-order valence-corrected chi connectivity index (χ1v) is 17.4. The maximum absolute atomic E-state index is 13.3. The normalized spacial score (nSPS) is 20.8. The van der Waals surface area contributed by atoms with Crippen molar-refractivity contribution in [2.45, 2.75) is 82.5 Å². The van der Waals surface area contributed by atoms with Gasteiger partial charge in [-0.05, 0) is 85.6 Å². The Labute approximate surface area is 291 Å². The average molecular weight is 681 g/mol. The molecule has 1 aromatic heterocycles. The van der Waals surface area contributed by atoms with E-state index in [0.717, 1.165) is 60.0 Å². The lowest BCUT2D eigenvalue weighted by molar-refractivity contribution is -0.384. The molecule has 3 aliphatic rings. The number of esters is 1. The molecule has 3 aromatic carbocycles. The summed E-state index contributed by atoms with van der Waals surface area (Å²) in [7, 11) is 0. The molecule has 0 bridgehead atoms. The quantitative estimate of drug-likeness (QED) is 0.106. The van der Waals surface area contributed by atoms with Crippen LogP contribution in [0.3, 0.4) is 0 Å². The Morgan fingerprint density at radius 3 is 2.53 bits per heavy atom. The van der Waals surface area contributed by atoms with Gasteiger partial charge in [0.05, 0.1) is 16.2 Å². The van der Waals surface area contributed by atoms with Crippen molar-refractivity contribution >= 4 is 34.8 Å². The Morgan fingerprint density at radius 1 is 1.10 bits per heavy atom. The van der Waals surface area contributed by atoms with E-state index in [1.165, 1.54) is 35.4 Å². The first-order chi connectivity index (χ1) is 23.7. The molecule has 1 aliphatic carbocycles. The monoisotopic (exact) mass is 680 g/mol. The van der Waals surface area contributed by atoms with Gasteiger partial charge >= 0.3 is 5.97 Å². The molecule has 11 heteroatoms. The smallest absolute Gasteiger partial charge is 0.338 e.